The van der Waals surface area contributed by atoms with Crippen molar-refractivity contribution in [2.75, 3.05) is 19.6 Å². The van der Waals surface area contributed by atoms with Crippen LogP contribution in [0.1, 0.15) is 27.3 Å². The predicted octanol–water partition coefficient (Wildman–Crippen LogP) is 1.82. The van der Waals surface area contributed by atoms with Gasteiger partial charge in [-0.3, -0.25) is 14.6 Å². The Bertz CT molecular complexity index is 849. The molecular formula is C20H22N4O2. The van der Waals surface area contributed by atoms with E-state index in [9.17, 15) is 9.59 Å². The highest BCUT2D eigenvalue weighted by atomic mass is 16.2. The maximum Gasteiger partial charge on any atom is 0.274 e. The van der Waals surface area contributed by atoms with Gasteiger partial charge in [0.15, 0.2) is 0 Å². The molecule has 0 unspecified atom stereocenters. The van der Waals surface area contributed by atoms with E-state index < -0.39 is 0 Å². The topological polar surface area (TPSA) is 66.4 Å². The molecular weight excluding hydrogens is 328 g/mol. The number of likely N-dealkylation sites (tertiary alicyclic amines) is 2. The lowest BCUT2D eigenvalue weighted by Gasteiger charge is -2.22. The molecule has 6 heteroatoms. The Kier molecular flexibility index (Phi) is 4.18. The number of carbonyl (C=O) groups is 2. The minimum Gasteiger partial charge on any atom is -0.338 e. The molecule has 26 heavy (non-hydrogen) atoms. The molecule has 2 atom stereocenters. The van der Waals surface area contributed by atoms with Crippen LogP contribution in [0.4, 0.5) is 0 Å². The molecule has 2 saturated heterocycles. The van der Waals surface area contributed by atoms with Crippen LogP contribution < -0.4 is 0 Å². The van der Waals surface area contributed by atoms with E-state index in [1.54, 1.807) is 11.1 Å². The van der Waals surface area contributed by atoms with Crippen LogP contribution in [-0.2, 0) is 11.3 Å². The number of fused-ring (bicyclic) bond motifs is 1. The molecule has 3 heterocycles. The zero-order chi connectivity index (χ0) is 18.3. The molecule has 0 saturated carbocycles. The molecule has 0 aliphatic carbocycles. The van der Waals surface area contributed by atoms with Gasteiger partial charge in [0.2, 0.25) is 5.91 Å². The molecule has 0 bridgehead atoms. The summed E-state index contributed by atoms with van der Waals surface area (Å²) in [5.74, 6) is 0.128. The van der Waals surface area contributed by atoms with E-state index in [-0.39, 0.29) is 23.7 Å². The van der Waals surface area contributed by atoms with Crippen molar-refractivity contribution in [3.63, 3.8) is 0 Å². The fourth-order valence-corrected chi connectivity index (χ4v) is 3.95. The lowest BCUT2D eigenvalue weighted by atomic mass is 10.0. The number of aryl methyl sites for hydroxylation is 2. The number of hydrogen-bond donors (Lipinski definition) is 0. The number of nitrogens with zero attached hydrogens (tertiary/aromatic N) is 4. The Labute approximate surface area is 152 Å². The largest absolute Gasteiger partial charge is 0.338 e. The third-order valence-electron chi connectivity index (χ3n) is 5.27. The lowest BCUT2D eigenvalue weighted by Crippen LogP contribution is -2.35. The van der Waals surface area contributed by atoms with Crippen molar-refractivity contribution in [1.82, 2.24) is 19.8 Å². The Morgan fingerprint density at radius 3 is 2.69 bits per heavy atom. The van der Waals surface area contributed by atoms with Crippen LogP contribution in [0.25, 0.3) is 0 Å². The molecule has 4 rings (SSSR count). The van der Waals surface area contributed by atoms with Gasteiger partial charge in [-0.25, -0.2) is 4.98 Å². The van der Waals surface area contributed by atoms with Gasteiger partial charge in [0.05, 0.1) is 17.8 Å². The van der Waals surface area contributed by atoms with Gasteiger partial charge < -0.3 is 9.80 Å². The van der Waals surface area contributed by atoms with E-state index in [0.29, 0.717) is 31.9 Å². The SMILES string of the molecule is Cc1cccc(CN2C[C@@H]3CN(C(=O)c4cnc(C)cn4)C[C@@H]3C2=O)c1. The standard InChI is InChI=1S/C20H22N4O2/c1-13-4-3-5-15(6-13)9-23-10-16-11-24(12-17(16)19(23)25)20(26)18-8-21-14(2)7-22-18/h3-8,16-17H,9-12H2,1-2H3/t16-,17+/m1/s1. The molecule has 2 aliphatic heterocycles. The molecule has 2 aliphatic rings. The fourth-order valence-electron chi connectivity index (χ4n) is 3.95. The zero-order valence-corrected chi connectivity index (χ0v) is 15.1. The maximum atomic E-state index is 12.8. The highest BCUT2D eigenvalue weighted by Crippen LogP contribution is 2.33. The van der Waals surface area contributed by atoms with Gasteiger partial charge in [-0.1, -0.05) is 29.8 Å². The first kappa shape index (κ1) is 16.7. The molecule has 1 aromatic heterocycles. The first-order valence-corrected chi connectivity index (χ1v) is 8.93. The monoisotopic (exact) mass is 350 g/mol. The zero-order valence-electron chi connectivity index (χ0n) is 15.1. The van der Waals surface area contributed by atoms with Crippen LogP contribution in [-0.4, -0.2) is 51.2 Å². The summed E-state index contributed by atoms with van der Waals surface area (Å²) in [6.07, 6.45) is 3.11. The van der Waals surface area contributed by atoms with Crippen LogP contribution in [0.5, 0.6) is 0 Å². The highest BCUT2D eigenvalue weighted by Gasteiger charge is 2.47. The summed E-state index contributed by atoms with van der Waals surface area (Å²) in [6, 6.07) is 8.25. The highest BCUT2D eigenvalue weighted by molar-refractivity contribution is 5.93. The molecule has 0 spiro atoms. The van der Waals surface area contributed by atoms with Gasteiger partial charge in [0, 0.05) is 38.3 Å². The Hall–Kier alpha value is -2.76. The van der Waals surface area contributed by atoms with E-state index >= 15 is 0 Å². The summed E-state index contributed by atoms with van der Waals surface area (Å²) in [5.41, 5.74) is 3.48. The van der Waals surface area contributed by atoms with Crippen molar-refractivity contribution in [2.45, 2.75) is 20.4 Å². The van der Waals surface area contributed by atoms with Crippen molar-refractivity contribution < 1.29 is 9.59 Å². The van der Waals surface area contributed by atoms with E-state index in [4.69, 9.17) is 0 Å². The van der Waals surface area contributed by atoms with Gasteiger partial charge in [0.1, 0.15) is 5.69 Å². The second kappa shape index (κ2) is 6.52. The number of hydrogen-bond acceptors (Lipinski definition) is 4. The average Bonchev–Trinajstić information content (AvgIpc) is 3.15. The van der Waals surface area contributed by atoms with Crippen LogP contribution >= 0.6 is 0 Å². The predicted molar refractivity (Wildman–Crippen MR) is 96.2 cm³/mol. The summed E-state index contributed by atoms with van der Waals surface area (Å²) in [4.78, 5) is 37.4. The van der Waals surface area contributed by atoms with E-state index in [0.717, 1.165) is 11.3 Å². The van der Waals surface area contributed by atoms with E-state index in [1.807, 2.05) is 17.9 Å². The second-order valence-corrected chi connectivity index (χ2v) is 7.33. The minimum absolute atomic E-state index is 0.0952. The van der Waals surface area contributed by atoms with Crippen LogP contribution in [0.3, 0.4) is 0 Å². The Morgan fingerprint density at radius 1 is 1.15 bits per heavy atom. The molecule has 6 nitrogen and oxygen atoms in total. The maximum absolute atomic E-state index is 12.8. The van der Waals surface area contributed by atoms with Crippen LogP contribution in [0.15, 0.2) is 36.7 Å². The average molecular weight is 350 g/mol. The van der Waals surface area contributed by atoms with Gasteiger partial charge in [-0.2, -0.15) is 0 Å². The molecule has 134 valence electrons. The summed E-state index contributed by atoms with van der Waals surface area (Å²) in [5, 5.41) is 0. The summed E-state index contributed by atoms with van der Waals surface area (Å²) in [6.45, 7) is 6.33. The minimum atomic E-state index is -0.134. The first-order valence-electron chi connectivity index (χ1n) is 8.93. The number of amides is 2. The molecule has 0 radical (unpaired) electrons. The quantitative estimate of drug-likeness (QED) is 0.847. The van der Waals surface area contributed by atoms with Gasteiger partial charge in [-0.15, -0.1) is 0 Å². The van der Waals surface area contributed by atoms with E-state index in [1.165, 1.54) is 11.8 Å². The summed E-state index contributed by atoms with van der Waals surface area (Å²) >= 11 is 0. The fraction of sp³-hybridized carbons (Fsp3) is 0.400. The Balaban J connectivity index is 1.41. The molecule has 0 N–H and O–H groups in total. The molecule has 2 fully saturated rings. The molecule has 2 amide bonds. The first-order chi connectivity index (χ1) is 12.5. The number of carbonyl (C=O) groups excluding carboxylic acids is 2. The van der Waals surface area contributed by atoms with E-state index in [2.05, 4.69) is 35.1 Å². The Morgan fingerprint density at radius 2 is 2.00 bits per heavy atom. The van der Waals surface area contributed by atoms with Crippen molar-refractivity contribution in [2.24, 2.45) is 11.8 Å². The number of benzene rings is 1. The second-order valence-electron chi connectivity index (χ2n) is 7.33. The molecule has 1 aromatic carbocycles. The lowest BCUT2D eigenvalue weighted by molar-refractivity contribution is -0.131. The van der Waals surface area contributed by atoms with Crippen molar-refractivity contribution in [3.8, 4) is 0 Å². The van der Waals surface area contributed by atoms with Gasteiger partial charge in [-0.05, 0) is 19.4 Å². The van der Waals surface area contributed by atoms with Crippen molar-refractivity contribution in [1.29, 1.82) is 0 Å². The van der Waals surface area contributed by atoms with Crippen LogP contribution in [0.2, 0.25) is 0 Å². The number of aromatic nitrogens is 2. The molecule has 2 aromatic rings. The number of rotatable bonds is 3. The third-order valence-corrected chi connectivity index (χ3v) is 5.27. The van der Waals surface area contributed by atoms with Crippen molar-refractivity contribution in [3.05, 3.63) is 59.2 Å². The normalized spacial score (nSPS) is 22.0. The third kappa shape index (κ3) is 3.07. The summed E-state index contributed by atoms with van der Waals surface area (Å²) in [7, 11) is 0. The smallest absolute Gasteiger partial charge is 0.274 e. The van der Waals surface area contributed by atoms with Crippen LogP contribution in [0, 0.1) is 25.7 Å². The van der Waals surface area contributed by atoms with Gasteiger partial charge in [0.25, 0.3) is 5.91 Å². The van der Waals surface area contributed by atoms with Gasteiger partial charge >= 0.3 is 0 Å². The van der Waals surface area contributed by atoms with Crippen molar-refractivity contribution >= 4 is 11.8 Å². The summed E-state index contributed by atoms with van der Waals surface area (Å²) < 4.78 is 0.